The minimum absolute atomic E-state index is 0.127. The summed E-state index contributed by atoms with van der Waals surface area (Å²) in [5.41, 5.74) is -1.31. The molecule has 0 saturated carbocycles. The molecule has 20 heavy (non-hydrogen) atoms. The zero-order chi connectivity index (χ0) is 16.0. The summed E-state index contributed by atoms with van der Waals surface area (Å²) in [6, 6.07) is 6.91. The molecule has 0 bridgehead atoms. The van der Waals surface area contributed by atoms with Crippen LogP contribution in [0.25, 0.3) is 0 Å². The van der Waals surface area contributed by atoms with Gasteiger partial charge in [0.05, 0.1) is 13.0 Å². The van der Waals surface area contributed by atoms with Gasteiger partial charge in [0.15, 0.2) is 15.9 Å². The lowest BCUT2D eigenvalue weighted by atomic mass is 10.1. The van der Waals surface area contributed by atoms with Gasteiger partial charge in [0, 0.05) is 10.6 Å². The summed E-state index contributed by atoms with van der Waals surface area (Å²) in [6.45, 7) is 0.640. The summed E-state index contributed by atoms with van der Waals surface area (Å²) >= 11 is 5.67. The third-order valence-electron chi connectivity index (χ3n) is 1.85. The number of alkyl halides is 3. The van der Waals surface area contributed by atoms with Crippen molar-refractivity contribution < 1.29 is 36.7 Å². The fourth-order valence-corrected chi connectivity index (χ4v) is 1.07. The molecule has 10 heteroatoms. The Hall–Kier alpha value is -1.16. The Morgan fingerprint density at radius 3 is 1.95 bits per heavy atom. The van der Waals surface area contributed by atoms with E-state index >= 15 is 0 Å². The Labute approximate surface area is 118 Å². The van der Waals surface area contributed by atoms with Crippen molar-refractivity contribution in [3.05, 3.63) is 34.9 Å². The number of carbonyl (C=O) groups is 1. The maximum absolute atomic E-state index is 11.3. The first-order valence-corrected chi connectivity index (χ1v) is 6.88. The van der Waals surface area contributed by atoms with Gasteiger partial charge in [0.25, 0.3) is 0 Å². The van der Waals surface area contributed by atoms with Crippen LogP contribution in [0.2, 0.25) is 5.02 Å². The molecule has 1 aromatic carbocycles. The average molecular weight is 334 g/mol. The molecule has 0 radical (unpaired) electrons. The monoisotopic (exact) mass is 333 g/mol. The first-order chi connectivity index (χ1) is 8.99. The normalized spacial score (nSPS) is 11.5. The van der Waals surface area contributed by atoms with Crippen LogP contribution in [-0.2, 0) is 10.1 Å². The molecule has 1 rings (SSSR count). The standard InChI is InChI=1S/C9H10ClNO.CHF3O3S/c10-8-3-1-7(2-4-8)9(12)5-6-11;2-1(3,4)8(5,6)7/h1-4H,5-6,11H2;(H,5,6,7). The molecular weight excluding hydrogens is 323 g/mol. The van der Waals surface area contributed by atoms with E-state index in [2.05, 4.69) is 5.73 Å². The average Bonchev–Trinajstić information content (AvgIpc) is 2.28. The third kappa shape index (κ3) is 6.85. The first-order valence-electron chi connectivity index (χ1n) is 5.09. The lowest BCUT2D eigenvalue weighted by molar-refractivity contribution is -0.365. The van der Waals surface area contributed by atoms with Gasteiger partial charge in [-0.1, -0.05) is 11.6 Å². The van der Waals surface area contributed by atoms with Gasteiger partial charge in [-0.3, -0.25) is 4.79 Å². The molecule has 0 unspecified atom stereocenters. The number of benzene rings is 1. The molecule has 0 aliphatic carbocycles. The van der Waals surface area contributed by atoms with Crippen LogP contribution >= 0.6 is 11.6 Å². The fraction of sp³-hybridized carbons (Fsp3) is 0.300. The highest BCUT2D eigenvalue weighted by Crippen LogP contribution is 2.20. The summed E-state index contributed by atoms with van der Waals surface area (Å²) in [5, 5.41) is 0.654. The van der Waals surface area contributed by atoms with E-state index in [1.165, 1.54) is 0 Å². The number of hydrogen-bond donors (Lipinski definition) is 1. The lowest BCUT2D eigenvalue weighted by Gasteiger charge is -2.08. The van der Waals surface area contributed by atoms with E-state index < -0.39 is 15.6 Å². The Kier molecular flexibility index (Phi) is 7.14. The number of quaternary nitrogens is 1. The van der Waals surface area contributed by atoms with E-state index in [9.17, 15) is 18.0 Å². The number of rotatable bonds is 3. The van der Waals surface area contributed by atoms with Gasteiger partial charge in [0.1, 0.15) is 0 Å². The predicted octanol–water partition coefficient (Wildman–Crippen LogP) is 1.21. The van der Waals surface area contributed by atoms with E-state index in [1.54, 1.807) is 24.3 Å². The quantitative estimate of drug-likeness (QED) is 0.510. The maximum atomic E-state index is 11.3. The Morgan fingerprint density at radius 1 is 1.25 bits per heavy atom. The summed E-state index contributed by atoms with van der Waals surface area (Å²) in [4.78, 5) is 11.3. The molecule has 3 N–H and O–H groups in total. The fourth-order valence-electron chi connectivity index (χ4n) is 0.941. The molecule has 0 fully saturated rings. The van der Waals surface area contributed by atoms with Crippen molar-refractivity contribution in [2.75, 3.05) is 6.54 Å². The molecule has 0 heterocycles. The highest BCUT2D eigenvalue weighted by atomic mass is 35.5. The zero-order valence-electron chi connectivity index (χ0n) is 9.98. The second-order valence-corrected chi connectivity index (χ2v) is 5.24. The molecular formula is C10H11ClF3NO4S. The highest BCUT2D eigenvalue weighted by molar-refractivity contribution is 7.86. The van der Waals surface area contributed by atoms with Gasteiger partial charge in [-0.25, -0.2) is 8.42 Å². The largest absolute Gasteiger partial charge is 0.741 e. The SMILES string of the molecule is O=S(=O)([O-])C(F)(F)F.[NH3+]CCC(=O)c1ccc(Cl)cc1. The van der Waals surface area contributed by atoms with Gasteiger partial charge in [-0.2, -0.15) is 13.2 Å². The minimum Gasteiger partial charge on any atom is -0.741 e. The molecule has 0 aliphatic heterocycles. The topological polar surface area (TPSA) is 102 Å². The Bertz CT molecular complexity index is 543. The van der Waals surface area contributed by atoms with Crippen molar-refractivity contribution >= 4 is 27.5 Å². The molecule has 0 spiro atoms. The number of Topliss-reactive ketones (excluding diaryl/α,β-unsaturated/α-hetero) is 1. The second-order valence-electron chi connectivity index (χ2n) is 3.43. The van der Waals surface area contributed by atoms with Gasteiger partial charge in [-0.05, 0) is 24.3 Å². The number of hydrogen-bond acceptors (Lipinski definition) is 4. The van der Waals surface area contributed by atoms with E-state index in [4.69, 9.17) is 24.6 Å². The molecule has 0 saturated heterocycles. The summed E-state index contributed by atoms with van der Waals surface area (Å²) in [7, 11) is -6.09. The van der Waals surface area contributed by atoms with Crippen LogP contribution in [0, 0.1) is 0 Å². The summed E-state index contributed by atoms with van der Waals surface area (Å²) < 4.78 is 58.9. The van der Waals surface area contributed by atoms with Gasteiger partial charge >= 0.3 is 5.51 Å². The molecule has 0 aliphatic rings. The molecule has 0 atom stereocenters. The van der Waals surface area contributed by atoms with Gasteiger partial charge < -0.3 is 10.3 Å². The number of halogens is 4. The third-order valence-corrected chi connectivity index (χ3v) is 2.67. The van der Waals surface area contributed by atoms with E-state index in [-0.39, 0.29) is 5.78 Å². The molecule has 114 valence electrons. The first kappa shape index (κ1) is 18.8. The van der Waals surface area contributed by atoms with E-state index in [0.717, 1.165) is 0 Å². The lowest BCUT2D eigenvalue weighted by Crippen LogP contribution is -2.50. The van der Waals surface area contributed by atoms with Crippen LogP contribution in [0.1, 0.15) is 16.8 Å². The predicted molar refractivity (Wildman–Crippen MR) is 63.9 cm³/mol. The number of ketones is 1. The molecule has 0 amide bonds. The van der Waals surface area contributed by atoms with Crippen LogP contribution in [-0.4, -0.2) is 30.8 Å². The van der Waals surface area contributed by atoms with Crippen LogP contribution < -0.4 is 5.73 Å². The molecule has 0 aromatic heterocycles. The molecule has 5 nitrogen and oxygen atoms in total. The van der Waals surface area contributed by atoms with Crippen LogP contribution in [0.4, 0.5) is 13.2 Å². The summed E-state index contributed by atoms with van der Waals surface area (Å²) in [6.07, 6.45) is 0.502. The minimum atomic E-state index is -6.09. The Morgan fingerprint density at radius 2 is 1.65 bits per heavy atom. The van der Waals surface area contributed by atoms with Gasteiger partial charge in [-0.15, -0.1) is 0 Å². The van der Waals surface area contributed by atoms with Crippen LogP contribution in [0.3, 0.4) is 0 Å². The van der Waals surface area contributed by atoms with Crippen LogP contribution in [0.15, 0.2) is 24.3 Å². The zero-order valence-corrected chi connectivity index (χ0v) is 11.6. The van der Waals surface area contributed by atoms with Gasteiger partial charge in [0.2, 0.25) is 0 Å². The highest BCUT2D eigenvalue weighted by Gasteiger charge is 2.36. The number of carbonyl (C=O) groups excluding carboxylic acids is 1. The van der Waals surface area contributed by atoms with Crippen molar-refractivity contribution in [2.45, 2.75) is 11.9 Å². The van der Waals surface area contributed by atoms with E-state index in [0.29, 0.717) is 23.6 Å². The van der Waals surface area contributed by atoms with Crippen LogP contribution in [0.5, 0.6) is 0 Å². The van der Waals surface area contributed by atoms with Crippen molar-refractivity contribution in [1.82, 2.24) is 0 Å². The smallest absolute Gasteiger partial charge is 0.485 e. The Balaban J connectivity index is 0.000000396. The molecule has 1 aromatic rings. The maximum Gasteiger partial charge on any atom is 0.485 e. The van der Waals surface area contributed by atoms with Crippen molar-refractivity contribution in [1.29, 1.82) is 0 Å². The second kappa shape index (κ2) is 7.58. The van der Waals surface area contributed by atoms with Crippen molar-refractivity contribution in [3.8, 4) is 0 Å². The van der Waals surface area contributed by atoms with Crippen molar-refractivity contribution in [2.24, 2.45) is 0 Å². The van der Waals surface area contributed by atoms with Crippen molar-refractivity contribution in [3.63, 3.8) is 0 Å². The summed E-state index contributed by atoms with van der Waals surface area (Å²) in [5.74, 6) is 0.127. The van der Waals surface area contributed by atoms with E-state index in [1.807, 2.05) is 0 Å².